The van der Waals surface area contributed by atoms with Gasteiger partial charge in [-0.15, -0.1) is 0 Å². The van der Waals surface area contributed by atoms with E-state index in [1.165, 1.54) is 24.6 Å². The maximum atomic E-state index is 14.0. The van der Waals surface area contributed by atoms with E-state index in [0.29, 0.717) is 23.6 Å². The molecule has 1 aliphatic heterocycles. The number of nitrogens with zero attached hydrogens (tertiary/aromatic N) is 2. The van der Waals surface area contributed by atoms with Gasteiger partial charge in [0.25, 0.3) is 10.2 Å². The highest BCUT2D eigenvalue weighted by Gasteiger charge is 2.35. The van der Waals surface area contributed by atoms with Crippen LogP contribution in [-0.2, 0) is 21.5 Å². The molecular formula is C20H24FN3O5S. The van der Waals surface area contributed by atoms with Crippen LogP contribution in [0.2, 0.25) is 0 Å². The lowest BCUT2D eigenvalue weighted by atomic mass is 10.2. The van der Waals surface area contributed by atoms with Crippen molar-refractivity contribution < 1.29 is 27.1 Å². The minimum absolute atomic E-state index is 0.0865. The summed E-state index contributed by atoms with van der Waals surface area (Å²) >= 11 is 0. The van der Waals surface area contributed by atoms with E-state index in [2.05, 4.69) is 5.32 Å². The molecule has 8 nitrogen and oxygen atoms in total. The van der Waals surface area contributed by atoms with E-state index in [9.17, 15) is 17.6 Å². The second-order valence-corrected chi connectivity index (χ2v) is 8.66. The molecule has 0 atom stereocenters. The van der Waals surface area contributed by atoms with Crippen LogP contribution in [-0.4, -0.2) is 56.8 Å². The number of hydrogen-bond donors (Lipinski definition) is 1. The van der Waals surface area contributed by atoms with E-state index < -0.39 is 21.9 Å². The quantitative estimate of drug-likeness (QED) is 0.718. The fraction of sp³-hybridized carbons (Fsp3) is 0.350. The molecule has 1 saturated heterocycles. The molecule has 0 aliphatic carbocycles. The van der Waals surface area contributed by atoms with E-state index in [-0.39, 0.29) is 31.7 Å². The zero-order valence-corrected chi connectivity index (χ0v) is 17.6. The van der Waals surface area contributed by atoms with Crippen molar-refractivity contribution in [1.82, 2.24) is 8.61 Å². The van der Waals surface area contributed by atoms with Gasteiger partial charge in [0.2, 0.25) is 5.91 Å². The van der Waals surface area contributed by atoms with Crippen molar-refractivity contribution in [3.63, 3.8) is 0 Å². The number of methoxy groups -OCH3 is 2. The van der Waals surface area contributed by atoms with Gasteiger partial charge in [0.05, 0.1) is 26.5 Å². The van der Waals surface area contributed by atoms with Crippen molar-refractivity contribution in [3.05, 3.63) is 53.8 Å². The molecule has 2 aromatic carbocycles. The molecule has 2 aromatic rings. The predicted octanol–water partition coefficient (Wildman–Crippen LogP) is 2.23. The molecule has 3 rings (SSSR count). The lowest BCUT2D eigenvalue weighted by Crippen LogP contribution is -2.51. The molecule has 30 heavy (non-hydrogen) atoms. The Bertz CT molecular complexity index is 1020. The zero-order valence-electron chi connectivity index (χ0n) is 16.8. The Kier molecular flexibility index (Phi) is 6.91. The third kappa shape index (κ3) is 4.89. The Morgan fingerprint density at radius 2 is 1.83 bits per heavy atom. The molecule has 1 aliphatic rings. The van der Waals surface area contributed by atoms with E-state index in [0.717, 1.165) is 4.31 Å². The Morgan fingerprint density at radius 3 is 2.53 bits per heavy atom. The molecule has 1 amide bonds. The minimum atomic E-state index is -3.91. The zero-order chi connectivity index (χ0) is 21.7. The Morgan fingerprint density at radius 1 is 1.10 bits per heavy atom. The second kappa shape index (κ2) is 9.41. The van der Waals surface area contributed by atoms with Crippen LogP contribution in [0.5, 0.6) is 11.5 Å². The van der Waals surface area contributed by atoms with Gasteiger partial charge in [-0.1, -0.05) is 18.2 Å². The van der Waals surface area contributed by atoms with Gasteiger partial charge in [-0.25, -0.2) is 4.39 Å². The molecular weight excluding hydrogens is 413 g/mol. The number of rotatable bonds is 7. The predicted molar refractivity (Wildman–Crippen MR) is 110 cm³/mol. The lowest BCUT2D eigenvalue weighted by Gasteiger charge is -2.34. The van der Waals surface area contributed by atoms with Gasteiger partial charge in [0.1, 0.15) is 17.3 Å². The van der Waals surface area contributed by atoms with E-state index in [1.807, 2.05) is 0 Å². The maximum Gasteiger partial charge on any atom is 0.282 e. The summed E-state index contributed by atoms with van der Waals surface area (Å²) in [5.41, 5.74) is 0.660. The largest absolute Gasteiger partial charge is 0.497 e. The average Bonchev–Trinajstić information content (AvgIpc) is 2.72. The summed E-state index contributed by atoms with van der Waals surface area (Å²) < 4.78 is 52.5. The number of halogens is 1. The molecule has 0 bridgehead atoms. The van der Waals surface area contributed by atoms with E-state index >= 15 is 0 Å². The van der Waals surface area contributed by atoms with Crippen molar-refractivity contribution in [2.45, 2.75) is 13.0 Å². The first kappa shape index (κ1) is 22.0. The van der Waals surface area contributed by atoms with Gasteiger partial charge < -0.3 is 14.8 Å². The standard InChI is InChI=1S/C20H24FN3O5S/c1-28-16-8-9-19(29-2)18(12-16)22-20(25)14-24-11-5-10-23(30(24,26)27)13-15-6-3-4-7-17(15)21/h3-4,6-9,12H,5,10-11,13-14H2,1-2H3,(H,22,25). The first-order chi connectivity index (χ1) is 14.3. The summed E-state index contributed by atoms with van der Waals surface area (Å²) in [5.74, 6) is -0.0369. The summed E-state index contributed by atoms with van der Waals surface area (Å²) in [6.45, 7) is 0.0184. The maximum absolute atomic E-state index is 14.0. The summed E-state index contributed by atoms with van der Waals surface area (Å²) in [7, 11) is -0.949. The number of anilines is 1. The van der Waals surface area contributed by atoms with Gasteiger partial charge in [0, 0.05) is 31.3 Å². The number of carbonyl (C=O) groups is 1. The fourth-order valence-corrected chi connectivity index (χ4v) is 4.85. The average molecular weight is 437 g/mol. The van der Waals surface area contributed by atoms with E-state index in [4.69, 9.17) is 9.47 Å². The Balaban J connectivity index is 1.71. The van der Waals surface area contributed by atoms with Crippen LogP contribution >= 0.6 is 0 Å². The summed E-state index contributed by atoms with van der Waals surface area (Å²) in [6.07, 6.45) is 0.531. The summed E-state index contributed by atoms with van der Waals surface area (Å²) in [4.78, 5) is 12.6. The molecule has 1 heterocycles. The number of amides is 1. The van der Waals surface area contributed by atoms with Gasteiger partial charge in [-0.2, -0.15) is 17.0 Å². The van der Waals surface area contributed by atoms with Crippen LogP contribution in [0.3, 0.4) is 0 Å². The van der Waals surface area contributed by atoms with Crippen LogP contribution in [0, 0.1) is 5.82 Å². The molecule has 0 aromatic heterocycles. The highest BCUT2D eigenvalue weighted by Crippen LogP contribution is 2.29. The van der Waals surface area contributed by atoms with Crippen molar-refractivity contribution >= 4 is 21.8 Å². The molecule has 0 radical (unpaired) electrons. The monoisotopic (exact) mass is 437 g/mol. The highest BCUT2D eigenvalue weighted by molar-refractivity contribution is 7.86. The molecule has 0 saturated carbocycles. The molecule has 162 valence electrons. The molecule has 10 heteroatoms. The Labute approximate surface area is 175 Å². The van der Waals surface area contributed by atoms with Crippen molar-refractivity contribution in [2.75, 3.05) is 39.2 Å². The number of nitrogens with one attached hydrogen (secondary N) is 1. The van der Waals surface area contributed by atoms with Crippen molar-refractivity contribution in [3.8, 4) is 11.5 Å². The minimum Gasteiger partial charge on any atom is -0.497 e. The molecule has 1 N–H and O–H groups in total. The number of benzene rings is 2. The van der Waals surface area contributed by atoms with Crippen LogP contribution in [0.15, 0.2) is 42.5 Å². The number of hydrogen-bond acceptors (Lipinski definition) is 5. The summed E-state index contributed by atoms with van der Waals surface area (Å²) in [6, 6.07) is 11.0. The SMILES string of the molecule is COc1ccc(OC)c(NC(=O)CN2CCCN(Cc3ccccc3F)S2(=O)=O)c1. The smallest absolute Gasteiger partial charge is 0.282 e. The highest BCUT2D eigenvalue weighted by atomic mass is 32.2. The van der Waals surface area contributed by atoms with Crippen molar-refractivity contribution in [2.24, 2.45) is 0 Å². The Hall–Kier alpha value is -2.69. The van der Waals surface area contributed by atoms with Gasteiger partial charge in [-0.05, 0) is 24.6 Å². The number of ether oxygens (including phenoxy) is 2. The third-order valence-corrected chi connectivity index (χ3v) is 6.70. The van der Waals surface area contributed by atoms with Gasteiger partial charge in [-0.3, -0.25) is 4.79 Å². The molecule has 0 spiro atoms. The number of carbonyl (C=O) groups excluding carboxylic acids is 1. The van der Waals surface area contributed by atoms with Crippen LogP contribution in [0.25, 0.3) is 0 Å². The lowest BCUT2D eigenvalue weighted by molar-refractivity contribution is -0.116. The second-order valence-electron chi connectivity index (χ2n) is 6.73. The van der Waals surface area contributed by atoms with Crippen LogP contribution in [0.4, 0.5) is 10.1 Å². The van der Waals surface area contributed by atoms with Gasteiger partial charge in [0.15, 0.2) is 0 Å². The van der Waals surface area contributed by atoms with Crippen molar-refractivity contribution in [1.29, 1.82) is 0 Å². The van der Waals surface area contributed by atoms with E-state index in [1.54, 1.807) is 36.4 Å². The topological polar surface area (TPSA) is 88.2 Å². The van der Waals surface area contributed by atoms with Crippen LogP contribution in [0.1, 0.15) is 12.0 Å². The molecule has 0 unspecified atom stereocenters. The first-order valence-corrected chi connectivity index (χ1v) is 10.8. The summed E-state index contributed by atoms with van der Waals surface area (Å²) in [5, 5.41) is 2.67. The third-order valence-electron chi connectivity index (χ3n) is 4.77. The normalized spacial score (nSPS) is 16.8. The first-order valence-electron chi connectivity index (χ1n) is 9.35. The van der Waals surface area contributed by atoms with Crippen LogP contribution < -0.4 is 14.8 Å². The van der Waals surface area contributed by atoms with Gasteiger partial charge >= 0.3 is 0 Å². The fourth-order valence-electron chi connectivity index (χ4n) is 3.22. The molecule has 1 fully saturated rings.